The number of amides is 1. The minimum Gasteiger partial charge on any atom is -0.496 e. The third-order valence-electron chi connectivity index (χ3n) is 2.79. The molecule has 4 heteroatoms. The Kier molecular flexibility index (Phi) is 3.10. The van der Waals surface area contributed by atoms with Crippen LogP contribution in [0.5, 0.6) is 5.75 Å². The zero-order valence-corrected chi connectivity index (χ0v) is 9.54. The number of carbonyl (C=O) groups is 1. The lowest BCUT2D eigenvalue weighted by Gasteiger charge is -2.24. The maximum Gasteiger partial charge on any atom is 0.241 e. The normalized spacial score (nSPS) is 20.4. The first kappa shape index (κ1) is 11.0. The molecule has 0 aromatic heterocycles. The molecule has 1 fully saturated rings. The van der Waals surface area contributed by atoms with Crippen LogP contribution in [0.25, 0.3) is 0 Å². The highest BCUT2D eigenvalue weighted by molar-refractivity contribution is 5.84. The number of hydrogen-bond acceptors (Lipinski definition) is 3. The van der Waals surface area contributed by atoms with E-state index in [1.807, 2.05) is 25.1 Å². The Morgan fingerprint density at radius 3 is 2.81 bits per heavy atom. The first-order valence-electron chi connectivity index (χ1n) is 5.38. The number of piperazine rings is 1. The van der Waals surface area contributed by atoms with Crippen LogP contribution in [-0.2, 0) is 4.79 Å². The molecule has 1 aromatic rings. The van der Waals surface area contributed by atoms with Crippen LogP contribution in [0.1, 0.15) is 17.2 Å². The van der Waals surface area contributed by atoms with Crippen LogP contribution in [0, 0.1) is 6.92 Å². The van der Waals surface area contributed by atoms with E-state index in [1.54, 1.807) is 7.11 Å². The predicted molar refractivity (Wildman–Crippen MR) is 61.5 cm³/mol. The smallest absolute Gasteiger partial charge is 0.241 e. The number of hydrogen-bond donors (Lipinski definition) is 2. The van der Waals surface area contributed by atoms with Crippen LogP contribution >= 0.6 is 0 Å². The van der Waals surface area contributed by atoms with Gasteiger partial charge in [0.2, 0.25) is 5.91 Å². The molecule has 1 aromatic carbocycles. The maximum atomic E-state index is 11.7. The summed E-state index contributed by atoms with van der Waals surface area (Å²) in [7, 11) is 1.65. The van der Waals surface area contributed by atoms with E-state index < -0.39 is 0 Å². The summed E-state index contributed by atoms with van der Waals surface area (Å²) in [5.74, 6) is 0.885. The van der Waals surface area contributed by atoms with Gasteiger partial charge in [-0.1, -0.05) is 12.1 Å². The summed E-state index contributed by atoms with van der Waals surface area (Å²) in [5, 5.41) is 6.04. The lowest BCUT2D eigenvalue weighted by atomic mass is 10.0. The second-order valence-corrected chi connectivity index (χ2v) is 3.91. The zero-order valence-electron chi connectivity index (χ0n) is 9.54. The number of benzene rings is 1. The van der Waals surface area contributed by atoms with Crippen LogP contribution in [0.4, 0.5) is 0 Å². The largest absolute Gasteiger partial charge is 0.496 e. The first-order chi connectivity index (χ1) is 7.72. The Hall–Kier alpha value is -1.55. The van der Waals surface area contributed by atoms with Crippen molar-refractivity contribution in [3.63, 3.8) is 0 Å². The number of methoxy groups -OCH3 is 1. The first-order valence-corrected chi connectivity index (χ1v) is 5.38. The Bertz CT molecular complexity index is 404. The Labute approximate surface area is 95.0 Å². The van der Waals surface area contributed by atoms with Gasteiger partial charge in [0.25, 0.3) is 0 Å². The standard InChI is InChI=1S/C12H16N2O2/c1-8-7-9(3-4-10(8)16-2)11-12(15)14-6-5-13-11/h3-4,7,11,13H,5-6H2,1-2H3,(H,14,15). The summed E-state index contributed by atoms with van der Waals surface area (Å²) < 4.78 is 5.19. The van der Waals surface area contributed by atoms with E-state index in [9.17, 15) is 4.79 Å². The molecule has 0 saturated carbocycles. The van der Waals surface area contributed by atoms with Crippen LogP contribution < -0.4 is 15.4 Å². The van der Waals surface area contributed by atoms with Gasteiger partial charge in [-0.15, -0.1) is 0 Å². The van der Waals surface area contributed by atoms with E-state index >= 15 is 0 Å². The lowest BCUT2D eigenvalue weighted by Crippen LogP contribution is -2.47. The molecule has 86 valence electrons. The van der Waals surface area contributed by atoms with Crippen LogP contribution in [-0.4, -0.2) is 26.1 Å². The van der Waals surface area contributed by atoms with Gasteiger partial charge >= 0.3 is 0 Å². The third kappa shape index (κ3) is 2.02. The molecule has 0 aliphatic carbocycles. The summed E-state index contributed by atoms with van der Waals surface area (Å²) in [6.07, 6.45) is 0. The van der Waals surface area contributed by atoms with Crippen molar-refractivity contribution in [1.29, 1.82) is 0 Å². The molecule has 1 aliphatic rings. The molecule has 4 nitrogen and oxygen atoms in total. The third-order valence-corrected chi connectivity index (χ3v) is 2.79. The number of carbonyl (C=O) groups excluding carboxylic acids is 1. The Morgan fingerprint density at radius 1 is 1.38 bits per heavy atom. The Morgan fingerprint density at radius 2 is 2.19 bits per heavy atom. The lowest BCUT2D eigenvalue weighted by molar-refractivity contribution is -0.124. The summed E-state index contributed by atoms with van der Waals surface area (Å²) >= 11 is 0. The molecule has 1 amide bonds. The maximum absolute atomic E-state index is 11.7. The summed E-state index contributed by atoms with van der Waals surface area (Å²) in [6, 6.07) is 5.57. The van der Waals surface area contributed by atoms with Crippen LogP contribution in [0.2, 0.25) is 0 Å². The van der Waals surface area contributed by atoms with Gasteiger partial charge in [-0.25, -0.2) is 0 Å². The summed E-state index contributed by atoms with van der Waals surface area (Å²) in [6.45, 7) is 3.48. The summed E-state index contributed by atoms with van der Waals surface area (Å²) in [5.41, 5.74) is 2.02. The van der Waals surface area contributed by atoms with Crippen molar-refractivity contribution >= 4 is 5.91 Å². The molecule has 16 heavy (non-hydrogen) atoms. The number of nitrogens with one attached hydrogen (secondary N) is 2. The monoisotopic (exact) mass is 220 g/mol. The van der Waals surface area contributed by atoms with Crippen molar-refractivity contribution < 1.29 is 9.53 Å². The molecule has 1 unspecified atom stereocenters. The van der Waals surface area contributed by atoms with Gasteiger partial charge in [-0.05, 0) is 24.1 Å². The zero-order chi connectivity index (χ0) is 11.5. The fourth-order valence-electron chi connectivity index (χ4n) is 1.95. The fraction of sp³-hybridized carbons (Fsp3) is 0.417. The number of ether oxygens (including phenoxy) is 1. The highest BCUT2D eigenvalue weighted by Gasteiger charge is 2.23. The topological polar surface area (TPSA) is 50.4 Å². The molecular weight excluding hydrogens is 204 g/mol. The highest BCUT2D eigenvalue weighted by atomic mass is 16.5. The predicted octanol–water partition coefficient (Wildman–Crippen LogP) is 0.764. The van der Waals surface area contributed by atoms with Gasteiger partial charge in [0.05, 0.1) is 7.11 Å². The van der Waals surface area contributed by atoms with Crippen LogP contribution in [0.15, 0.2) is 18.2 Å². The number of rotatable bonds is 2. The van der Waals surface area contributed by atoms with E-state index in [-0.39, 0.29) is 11.9 Å². The molecule has 2 N–H and O–H groups in total. The van der Waals surface area contributed by atoms with Crippen molar-refractivity contribution in [2.75, 3.05) is 20.2 Å². The molecular formula is C12H16N2O2. The van der Waals surface area contributed by atoms with Gasteiger partial charge in [-0.3, -0.25) is 4.79 Å². The van der Waals surface area contributed by atoms with Gasteiger partial charge in [0.15, 0.2) is 0 Å². The molecule has 1 atom stereocenters. The van der Waals surface area contributed by atoms with Gasteiger partial charge < -0.3 is 15.4 Å². The van der Waals surface area contributed by atoms with E-state index in [0.29, 0.717) is 6.54 Å². The van der Waals surface area contributed by atoms with E-state index in [2.05, 4.69) is 10.6 Å². The van der Waals surface area contributed by atoms with Gasteiger partial charge in [-0.2, -0.15) is 0 Å². The SMILES string of the molecule is COc1ccc(C2NCCNC2=O)cc1C. The highest BCUT2D eigenvalue weighted by Crippen LogP contribution is 2.23. The molecule has 0 spiro atoms. The van der Waals surface area contributed by atoms with Crippen molar-refractivity contribution in [2.24, 2.45) is 0 Å². The van der Waals surface area contributed by atoms with Crippen molar-refractivity contribution in [3.05, 3.63) is 29.3 Å². The fourth-order valence-corrected chi connectivity index (χ4v) is 1.95. The average Bonchev–Trinajstić information content (AvgIpc) is 2.29. The molecule has 1 saturated heterocycles. The molecule has 1 heterocycles. The molecule has 2 rings (SSSR count). The van der Waals surface area contributed by atoms with E-state index in [0.717, 1.165) is 23.4 Å². The second-order valence-electron chi connectivity index (χ2n) is 3.91. The summed E-state index contributed by atoms with van der Waals surface area (Å²) in [4.78, 5) is 11.7. The van der Waals surface area contributed by atoms with Crippen molar-refractivity contribution in [2.45, 2.75) is 13.0 Å². The van der Waals surface area contributed by atoms with Crippen molar-refractivity contribution in [1.82, 2.24) is 10.6 Å². The molecule has 0 radical (unpaired) electrons. The van der Waals surface area contributed by atoms with E-state index in [4.69, 9.17) is 4.74 Å². The van der Waals surface area contributed by atoms with Gasteiger partial charge in [0.1, 0.15) is 11.8 Å². The average molecular weight is 220 g/mol. The van der Waals surface area contributed by atoms with Crippen LogP contribution in [0.3, 0.4) is 0 Å². The Balaban J connectivity index is 2.26. The minimum atomic E-state index is -0.238. The second kappa shape index (κ2) is 4.53. The van der Waals surface area contributed by atoms with Crippen molar-refractivity contribution in [3.8, 4) is 5.75 Å². The minimum absolute atomic E-state index is 0.0378. The van der Waals surface area contributed by atoms with Gasteiger partial charge in [0, 0.05) is 13.1 Å². The van der Waals surface area contributed by atoms with E-state index in [1.165, 1.54) is 0 Å². The molecule has 1 aliphatic heterocycles. The quantitative estimate of drug-likeness (QED) is 0.773. The molecule has 0 bridgehead atoms. The number of aryl methyl sites for hydroxylation is 1.